The third kappa shape index (κ3) is 2.88. The van der Waals surface area contributed by atoms with Gasteiger partial charge in [0.25, 0.3) is 0 Å². The van der Waals surface area contributed by atoms with Gasteiger partial charge in [0.15, 0.2) is 0 Å². The first-order chi connectivity index (χ1) is 8.89. The highest BCUT2D eigenvalue weighted by Gasteiger charge is 2.34. The van der Waals surface area contributed by atoms with E-state index < -0.39 is 17.8 Å². The molecule has 5 heteroatoms. The molecule has 2 aromatic carbocycles. The second-order valence-electron chi connectivity index (χ2n) is 4.16. The molecule has 0 saturated heterocycles. The lowest BCUT2D eigenvalue weighted by atomic mass is 9.96. The molecule has 0 spiro atoms. The predicted octanol–water partition coefficient (Wildman–Crippen LogP) is 3.37. The number of hydrogen-bond donors (Lipinski definition) is 2. The fourth-order valence-electron chi connectivity index (χ4n) is 1.90. The fourth-order valence-corrected chi connectivity index (χ4v) is 1.90. The summed E-state index contributed by atoms with van der Waals surface area (Å²) in [6.45, 7) is 0. The van der Waals surface area contributed by atoms with Crippen LogP contribution in [0.15, 0.2) is 48.5 Å². The molecule has 0 amide bonds. The highest BCUT2D eigenvalue weighted by molar-refractivity contribution is 5.45. The van der Waals surface area contributed by atoms with Crippen molar-refractivity contribution >= 4 is 5.69 Å². The highest BCUT2D eigenvalue weighted by Crippen LogP contribution is 2.36. The van der Waals surface area contributed by atoms with Gasteiger partial charge in [0, 0.05) is 5.69 Å². The van der Waals surface area contributed by atoms with Gasteiger partial charge in [0.05, 0.1) is 5.56 Å². The minimum atomic E-state index is -4.50. The second-order valence-corrected chi connectivity index (χ2v) is 4.16. The summed E-state index contributed by atoms with van der Waals surface area (Å²) in [4.78, 5) is 0. The molecule has 0 radical (unpaired) electrons. The zero-order valence-corrected chi connectivity index (χ0v) is 9.85. The van der Waals surface area contributed by atoms with Crippen LogP contribution in [0.4, 0.5) is 18.9 Å². The molecule has 2 aromatic rings. The molecule has 1 unspecified atom stereocenters. The van der Waals surface area contributed by atoms with Crippen molar-refractivity contribution in [1.29, 1.82) is 0 Å². The van der Waals surface area contributed by atoms with Crippen molar-refractivity contribution in [2.24, 2.45) is 0 Å². The number of nitrogen functional groups attached to an aromatic ring is 1. The molecule has 100 valence electrons. The third-order valence-electron chi connectivity index (χ3n) is 2.79. The lowest BCUT2D eigenvalue weighted by Crippen LogP contribution is -2.12. The van der Waals surface area contributed by atoms with Gasteiger partial charge in [-0.3, -0.25) is 0 Å². The molecule has 0 heterocycles. The summed E-state index contributed by atoms with van der Waals surface area (Å²) in [5.74, 6) is 0. The van der Waals surface area contributed by atoms with Crippen LogP contribution in [0.25, 0.3) is 0 Å². The number of aliphatic hydroxyl groups excluding tert-OH is 1. The van der Waals surface area contributed by atoms with Crippen molar-refractivity contribution in [3.8, 4) is 0 Å². The van der Waals surface area contributed by atoms with Gasteiger partial charge in [-0.1, -0.05) is 30.3 Å². The Morgan fingerprint density at radius 2 is 1.68 bits per heavy atom. The van der Waals surface area contributed by atoms with Crippen LogP contribution in [-0.4, -0.2) is 5.11 Å². The first-order valence-corrected chi connectivity index (χ1v) is 5.59. The molecule has 0 aliphatic rings. The van der Waals surface area contributed by atoms with Crippen molar-refractivity contribution in [2.45, 2.75) is 12.3 Å². The van der Waals surface area contributed by atoms with Gasteiger partial charge in [-0.15, -0.1) is 0 Å². The molecule has 2 rings (SSSR count). The molecule has 0 bridgehead atoms. The molecular weight excluding hydrogens is 255 g/mol. The maximum atomic E-state index is 12.9. The number of aliphatic hydroxyl groups is 1. The zero-order valence-electron chi connectivity index (χ0n) is 9.85. The predicted molar refractivity (Wildman–Crippen MR) is 66.4 cm³/mol. The number of hydrogen-bond acceptors (Lipinski definition) is 2. The summed E-state index contributed by atoms with van der Waals surface area (Å²) >= 11 is 0. The molecular formula is C14H12F3NO. The van der Waals surface area contributed by atoms with Gasteiger partial charge < -0.3 is 10.8 Å². The maximum absolute atomic E-state index is 12.9. The quantitative estimate of drug-likeness (QED) is 0.819. The topological polar surface area (TPSA) is 46.2 Å². The van der Waals surface area contributed by atoms with Crippen molar-refractivity contribution < 1.29 is 18.3 Å². The molecule has 0 fully saturated rings. The van der Waals surface area contributed by atoms with E-state index in [2.05, 4.69) is 0 Å². The fraction of sp³-hybridized carbons (Fsp3) is 0.143. The average molecular weight is 267 g/mol. The lowest BCUT2D eigenvalue weighted by Gasteiger charge is -2.18. The van der Waals surface area contributed by atoms with E-state index >= 15 is 0 Å². The standard InChI is InChI=1S/C14H12F3NO/c15-14(16,17)12-7-2-1-6-11(12)13(19)9-4-3-5-10(18)8-9/h1-8,13,19H,18H2. The van der Waals surface area contributed by atoms with Crippen molar-refractivity contribution in [2.75, 3.05) is 5.73 Å². The molecule has 1 atom stereocenters. The Labute approximate surface area is 108 Å². The van der Waals surface area contributed by atoms with Crippen LogP contribution >= 0.6 is 0 Å². The van der Waals surface area contributed by atoms with E-state index in [0.717, 1.165) is 6.07 Å². The van der Waals surface area contributed by atoms with E-state index in [-0.39, 0.29) is 5.56 Å². The minimum absolute atomic E-state index is 0.180. The Kier molecular flexibility index (Phi) is 3.48. The van der Waals surface area contributed by atoms with Crippen molar-refractivity contribution in [3.05, 3.63) is 65.2 Å². The molecule has 3 N–H and O–H groups in total. The summed E-state index contributed by atoms with van der Waals surface area (Å²) < 4.78 is 38.6. The van der Waals surface area contributed by atoms with Gasteiger partial charge in [0.1, 0.15) is 6.10 Å². The van der Waals surface area contributed by atoms with Gasteiger partial charge in [-0.25, -0.2) is 0 Å². The van der Waals surface area contributed by atoms with E-state index in [9.17, 15) is 18.3 Å². The van der Waals surface area contributed by atoms with Crippen LogP contribution in [0.3, 0.4) is 0 Å². The molecule has 0 aliphatic heterocycles. The smallest absolute Gasteiger partial charge is 0.399 e. The molecule has 0 aliphatic carbocycles. The second kappa shape index (κ2) is 4.93. The lowest BCUT2D eigenvalue weighted by molar-refractivity contribution is -0.139. The van der Waals surface area contributed by atoms with E-state index in [4.69, 9.17) is 5.73 Å². The number of alkyl halides is 3. The van der Waals surface area contributed by atoms with E-state index in [1.54, 1.807) is 12.1 Å². The van der Waals surface area contributed by atoms with Crippen LogP contribution < -0.4 is 5.73 Å². The summed E-state index contributed by atoms with van der Waals surface area (Å²) in [7, 11) is 0. The largest absolute Gasteiger partial charge is 0.416 e. The number of halogens is 3. The third-order valence-corrected chi connectivity index (χ3v) is 2.79. The molecule has 19 heavy (non-hydrogen) atoms. The van der Waals surface area contributed by atoms with Crippen molar-refractivity contribution in [1.82, 2.24) is 0 Å². The Bertz CT molecular complexity index is 581. The van der Waals surface area contributed by atoms with Gasteiger partial charge in [-0.05, 0) is 29.3 Å². The highest BCUT2D eigenvalue weighted by atomic mass is 19.4. The van der Waals surface area contributed by atoms with E-state index in [1.807, 2.05) is 0 Å². The number of rotatable bonds is 2. The molecule has 0 saturated carbocycles. The first-order valence-electron chi connectivity index (χ1n) is 5.59. The summed E-state index contributed by atoms with van der Waals surface area (Å²) in [6, 6.07) is 11.1. The van der Waals surface area contributed by atoms with Gasteiger partial charge in [-0.2, -0.15) is 13.2 Å². The average Bonchev–Trinajstić information content (AvgIpc) is 2.37. The number of nitrogens with two attached hydrogens (primary N) is 1. The van der Waals surface area contributed by atoms with Crippen molar-refractivity contribution in [3.63, 3.8) is 0 Å². The summed E-state index contributed by atoms with van der Waals surface area (Å²) in [5, 5.41) is 10.1. The SMILES string of the molecule is Nc1cccc(C(O)c2ccccc2C(F)(F)F)c1. The van der Waals surface area contributed by atoms with Crippen LogP contribution in [-0.2, 0) is 6.18 Å². The van der Waals surface area contributed by atoms with Crippen LogP contribution in [0.1, 0.15) is 22.8 Å². The maximum Gasteiger partial charge on any atom is 0.416 e. The van der Waals surface area contributed by atoms with E-state index in [0.29, 0.717) is 11.3 Å². The van der Waals surface area contributed by atoms with Crippen LogP contribution in [0.2, 0.25) is 0 Å². The Morgan fingerprint density at radius 1 is 1.00 bits per heavy atom. The van der Waals surface area contributed by atoms with E-state index in [1.165, 1.54) is 30.3 Å². The van der Waals surface area contributed by atoms with Crippen LogP contribution in [0, 0.1) is 0 Å². The Balaban J connectivity index is 2.48. The molecule has 2 nitrogen and oxygen atoms in total. The Morgan fingerprint density at radius 3 is 2.32 bits per heavy atom. The zero-order chi connectivity index (χ0) is 14.0. The Hall–Kier alpha value is -2.01. The first kappa shape index (κ1) is 13.4. The van der Waals surface area contributed by atoms with Gasteiger partial charge >= 0.3 is 6.18 Å². The minimum Gasteiger partial charge on any atom is -0.399 e. The number of benzene rings is 2. The van der Waals surface area contributed by atoms with Crippen LogP contribution in [0.5, 0.6) is 0 Å². The molecule has 0 aromatic heterocycles. The normalized spacial score (nSPS) is 13.3. The summed E-state index contributed by atoms with van der Waals surface area (Å²) in [6.07, 6.45) is -5.86. The van der Waals surface area contributed by atoms with Gasteiger partial charge in [0.2, 0.25) is 0 Å². The monoisotopic (exact) mass is 267 g/mol. The number of anilines is 1. The summed E-state index contributed by atoms with van der Waals surface area (Å²) in [5.41, 5.74) is 5.26.